The van der Waals surface area contributed by atoms with E-state index in [1.807, 2.05) is 31.2 Å². The molecule has 0 fully saturated rings. The lowest BCUT2D eigenvalue weighted by Crippen LogP contribution is -2.27. The van der Waals surface area contributed by atoms with E-state index in [9.17, 15) is 4.79 Å². The molecule has 0 saturated heterocycles. The van der Waals surface area contributed by atoms with Gasteiger partial charge in [-0.2, -0.15) is 0 Å². The van der Waals surface area contributed by atoms with E-state index in [2.05, 4.69) is 5.32 Å². The van der Waals surface area contributed by atoms with Crippen molar-refractivity contribution >= 4 is 6.03 Å². The average molecular weight is 164 g/mol. The minimum atomic E-state index is -0.521. The summed E-state index contributed by atoms with van der Waals surface area (Å²) in [4.78, 5) is 10.5. The molecule has 0 spiro atoms. The van der Waals surface area contributed by atoms with E-state index in [0.717, 1.165) is 17.7 Å². The van der Waals surface area contributed by atoms with Gasteiger partial charge in [0.25, 0.3) is 0 Å². The highest BCUT2D eigenvalue weighted by Gasteiger charge is 1.98. The van der Waals surface area contributed by atoms with E-state index >= 15 is 0 Å². The molecule has 0 heterocycles. The lowest BCUT2D eigenvalue weighted by Gasteiger charge is -2.01. The van der Waals surface area contributed by atoms with Crippen LogP contribution < -0.4 is 11.1 Å². The van der Waals surface area contributed by atoms with Crippen molar-refractivity contribution in [2.75, 3.05) is 0 Å². The molecule has 1 rings (SSSR count). The van der Waals surface area contributed by atoms with E-state index in [-0.39, 0.29) is 0 Å². The highest BCUT2D eigenvalue weighted by molar-refractivity contribution is 5.74. The summed E-state index contributed by atoms with van der Waals surface area (Å²) in [6, 6.07) is -0.521. The van der Waals surface area contributed by atoms with Crippen molar-refractivity contribution < 1.29 is 4.79 Å². The van der Waals surface area contributed by atoms with Gasteiger partial charge in [0, 0.05) is 5.70 Å². The zero-order chi connectivity index (χ0) is 8.97. The summed E-state index contributed by atoms with van der Waals surface area (Å²) in [5, 5.41) is 2.54. The molecular formula is C9H12N2O. The molecule has 0 radical (unpaired) electrons. The molecule has 12 heavy (non-hydrogen) atoms. The molecule has 0 aliphatic heterocycles. The third-order valence-corrected chi connectivity index (χ3v) is 1.51. The van der Waals surface area contributed by atoms with Crippen molar-refractivity contribution in [2.45, 2.75) is 13.3 Å². The number of carbonyl (C=O) groups excluding carboxylic acids is 1. The van der Waals surface area contributed by atoms with Crippen LogP contribution in [0.15, 0.2) is 35.6 Å². The summed E-state index contributed by atoms with van der Waals surface area (Å²) < 4.78 is 0. The molecule has 3 N–H and O–H groups in total. The Morgan fingerprint density at radius 3 is 3.08 bits per heavy atom. The quantitative estimate of drug-likeness (QED) is 0.605. The highest BCUT2D eigenvalue weighted by atomic mass is 16.2. The van der Waals surface area contributed by atoms with Crippen LogP contribution in [0, 0.1) is 0 Å². The summed E-state index contributed by atoms with van der Waals surface area (Å²) in [5.41, 5.74) is 6.85. The zero-order valence-electron chi connectivity index (χ0n) is 7.00. The molecule has 0 bridgehead atoms. The molecule has 0 aromatic heterocycles. The van der Waals surface area contributed by atoms with Crippen molar-refractivity contribution in [3.05, 3.63) is 35.6 Å². The van der Waals surface area contributed by atoms with E-state index in [1.165, 1.54) is 0 Å². The molecule has 64 valence electrons. The van der Waals surface area contributed by atoms with Crippen molar-refractivity contribution in [1.82, 2.24) is 5.32 Å². The largest absolute Gasteiger partial charge is 0.351 e. The number of rotatable bonds is 1. The Kier molecular flexibility index (Phi) is 2.69. The SMILES string of the molecule is CC1=CC(NC(N)=O)=CCC=C1. The highest BCUT2D eigenvalue weighted by Crippen LogP contribution is 2.07. The molecular weight excluding hydrogens is 152 g/mol. The normalized spacial score (nSPS) is 16.1. The second-order valence-corrected chi connectivity index (χ2v) is 2.68. The first kappa shape index (κ1) is 8.59. The van der Waals surface area contributed by atoms with E-state index in [0.29, 0.717) is 0 Å². The van der Waals surface area contributed by atoms with Crippen LogP contribution in [0.1, 0.15) is 13.3 Å². The summed E-state index contributed by atoms with van der Waals surface area (Å²) in [7, 11) is 0. The van der Waals surface area contributed by atoms with Crippen LogP contribution in [0.25, 0.3) is 0 Å². The summed E-state index contributed by atoms with van der Waals surface area (Å²) in [5.74, 6) is 0. The number of primary amides is 1. The summed E-state index contributed by atoms with van der Waals surface area (Å²) in [6.07, 6.45) is 8.66. The van der Waals surface area contributed by atoms with Gasteiger partial charge in [-0.25, -0.2) is 4.79 Å². The maximum atomic E-state index is 10.5. The van der Waals surface area contributed by atoms with Gasteiger partial charge in [-0.3, -0.25) is 0 Å². The van der Waals surface area contributed by atoms with Crippen molar-refractivity contribution in [2.24, 2.45) is 5.73 Å². The minimum Gasteiger partial charge on any atom is -0.351 e. The second kappa shape index (κ2) is 3.76. The van der Waals surface area contributed by atoms with Crippen molar-refractivity contribution in [1.29, 1.82) is 0 Å². The van der Waals surface area contributed by atoms with Crippen molar-refractivity contribution in [3.8, 4) is 0 Å². The molecule has 3 heteroatoms. The Labute approximate surface area is 71.6 Å². The Morgan fingerprint density at radius 1 is 1.67 bits per heavy atom. The first-order valence-electron chi connectivity index (χ1n) is 3.80. The zero-order valence-corrected chi connectivity index (χ0v) is 7.00. The molecule has 1 aliphatic rings. The molecule has 0 aromatic rings. The molecule has 0 saturated carbocycles. The number of hydrogen-bond acceptors (Lipinski definition) is 1. The number of amides is 2. The maximum absolute atomic E-state index is 10.5. The van der Waals surface area contributed by atoms with Crippen LogP contribution in [0.2, 0.25) is 0 Å². The fourth-order valence-electron chi connectivity index (χ4n) is 1.03. The van der Waals surface area contributed by atoms with Crippen molar-refractivity contribution in [3.63, 3.8) is 0 Å². The van der Waals surface area contributed by atoms with Crippen LogP contribution in [-0.2, 0) is 0 Å². The van der Waals surface area contributed by atoms with E-state index in [1.54, 1.807) is 0 Å². The lowest BCUT2D eigenvalue weighted by atomic mass is 10.2. The van der Waals surface area contributed by atoms with Gasteiger partial charge in [0.1, 0.15) is 0 Å². The fraction of sp³-hybridized carbons (Fsp3) is 0.222. The Morgan fingerprint density at radius 2 is 2.42 bits per heavy atom. The van der Waals surface area contributed by atoms with Gasteiger partial charge < -0.3 is 11.1 Å². The molecule has 0 aromatic carbocycles. The standard InChI is InChI=1S/C9H12N2O/c1-7-4-2-3-5-8(6-7)11-9(10)12/h2,4-6H,3H2,1H3,(H3,10,11,12). The molecule has 0 unspecified atom stereocenters. The first-order valence-corrected chi connectivity index (χ1v) is 3.80. The van der Waals surface area contributed by atoms with Gasteiger partial charge >= 0.3 is 6.03 Å². The predicted octanol–water partition coefficient (Wildman–Crippen LogP) is 1.44. The van der Waals surface area contributed by atoms with Gasteiger partial charge in [0.05, 0.1) is 0 Å². The average Bonchev–Trinajstić information content (AvgIpc) is 2.12. The molecule has 3 nitrogen and oxygen atoms in total. The van der Waals surface area contributed by atoms with Crippen LogP contribution in [-0.4, -0.2) is 6.03 Å². The Bertz CT molecular complexity index is 274. The molecule has 0 atom stereocenters. The van der Waals surface area contributed by atoms with E-state index < -0.39 is 6.03 Å². The lowest BCUT2D eigenvalue weighted by molar-refractivity contribution is 0.251. The van der Waals surface area contributed by atoms with Gasteiger partial charge in [-0.15, -0.1) is 0 Å². The van der Waals surface area contributed by atoms with Gasteiger partial charge in [0.15, 0.2) is 0 Å². The van der Waals surface area contributed by atoms with Gasteiger partial charge in [-0.05, 0) is 25.0 Å². The third-order valence-electron chi connectivity index (χ3n) is 1.51. The third kappa shape index (κ3) is 2.62. The number of carbonyl (C=O) groups is 1. The van der Waals surface area contributed by atoms with Crippen LogP contribution in [0.3, 0.4) is 0 Å². The second-order valence-electron chi connectivity index (χ2n) is 2.68. The number of nitrogens with one attached hydrogen (secondary N) is 1. The number of urea groups is 1. The predicted molar refractivity (Wildman–Crippen MR) is 48.3 cm³/mol. The Hall–Kier alpha value is -1.51. The van der Waals surface area contributed by atoms with Crippen LogP contribution in [0.4, 0.5) is 4.79 Å². The summed E-state index contributed by atoms with van der Waals surface area (Å²) in [6.45, 7) is 1.97. The van der Waals surface area contributed by atoms with Gasteiger partial charge in [-0.1, -0.05) is 18.2 Å². The van der Waals surface area contributed by atoms with Crippen LogP contribution >= 0.6 is 0 Å². The molecule has 2 amide bonds. The smallest absolute Gasteiger partial charge is 0.316 e. The number of hydrogen-bond donors (Lipinski definition) is 2. The fourth-order valence-corrected chi connectivity index (χ4v) is 1.03. The number of allylic oxidation sites excluding steroid dienone is 5. The molecule has 1 aliphatic carbocycles. The topological polar surface area (TPSA) is 55.1 Å². The first-order chi connectivity index (χ1) is 5.68. The van der Waals surface area contributed by atoms with E-state index in [4.69, 9.17) is 5.73 Å². The van der Waals surface area contributed by atoms with Gasteiger partial charge in [0.2, 0.25) is 0 Å². The maximum Gasteiger partial charge on any atom is 0.316 e. The van der Waals surface area contributed by atoms with Crippen LogP contribution in [0.5, 0.6) is 0 Å². The minimum absolute atomic E-state index is 0.521. The summed E-state index contributed by atoms with van der Waals surface area (Å²) >= 11 is 0. The Balaban J connectivity index is 2.71. The monoisotopic (exact) mass is 164 g/mol. The number of nitrogens with two attached hydrogens (primary N) is 1.